The molecule has 0 saturated heterocycles. The van der Waals surface area contributed by atoms with Gasteiger partial charge in [0.05, 0.1) is 17.9 Å². The van der Waals surface area contributed by atoms with Crippen LogP contribution >= 0.6 is 15.9 Å². The van der Waals surface area contributed by atoms with Gasteiger partial charge in [-0.1, -0.05) is 15.9 Å². The second-order valence-corrected chi connectivity index (χ2v) is 11.1. The fourth-order valence-electron chi connectivity index (χ4n) is 5.29. The van der Waals surface area contributed by atoms with Crippen molar-refractivity contribution in [1.29, 1.82) is 0 Å². The van der Waals surface area contributed by atoms with Gasteiger partial charge in [0.15, 0.2) is 5.82 Å². The topological polar surface area (TPSA) is 120 Å². The van der Waals surface area contributed by atoms with Gasteiger partial charge >= 0.3 is 0 Å². The normalized spacial score (nSPS) is 14.8. The van der Waals surface area contributed by atoms with Gasteiger partial charge in [0.2, 0.25) is 5.95 Å². The lowest BCUT2D eigenvalue weighted by Crippen LogP contribution is -2.46. The van der Waals surface area contributed by atoms with Gasteiger partial charge in [0.1, 0.15) is 5.69 Å². The smallest absolute Gasteiger partial charge is 0.269 e. The first-order valence-electron chi connectivity index (χ1n) is 12.9. The number of amides is 2. The minimum Gasteiger partial charge on any atom is -0.354 e. The summed E-state index contributed by atoms with van der Waals surface area (Å²) in [6.45, 7) is 9.55. The van der Waals surface area contributed by atoms with E-state index >= 15 is 0 Å². The number of carbonyl (C=O) groups is 2. The van der Waals surface area contributed by atoms with Crippen LogP contribution < -0.4 is 10.9 Å². The van der Waals surface area contributed by atoms with Crippen molar-refractivity contribution in [3.8, 4) is 11.8 Å². The summed E-state index contributed by atoms with van der Waals surface area (Å²) < 4.78 is 5.43. The van der Waals surface area contributed by atoms with Crippen molar-refractivity contribution in [1.82, 2.24) is 39.3 Å². The molecule has 1 atom stereocenters. The molecule has 12 heteroatoms. The van der Waals surface area contributed by atoms with Crippen LogP contribution in [0.4, 0.5) is 0 Å². The minimum atomic E-state index is -0.309. The number of rotatable bonds is 4. The van der Waals surface area contributed by atoms with E-state index in [4.69, 9.17) is 4.98 Å². The summed E-state index contributed by atoms with van der Waals surface area (Å²) >= 11 is 3.49. The molecule has 4 aromatic rings. The molecule has 0 fully saturated rings. The van der Waals surface area contributed by atoms with Crippen molar-refractivity contribution in [2.45, 2.75) is 53.6 Å². The van der Waals surface area contributed by atoms with E-state index in [0.717, 1.165) is 21.4 Å². The Labute approximate surface area is 240 Å². The lowest BCUT2D eigenvalue weighted by molar-refractivity contribution is 0.0652. The van der Waals surface area contributed by atoms with Crippen LogP contribution in [0, 0.1) is 27.7 Å². The maximum Gasteiger partial charge on any atom is 0.269 e. The highest BCUT2D eigenvalue weighted by molar-refractivity contribution is 9.10. The average Bonchev–Trinajstić information content (AvgIpc) is 3.40. The number of aromatic nitrogens is 6. The van der Waals surface area contributed by atoms with Crippen LogP contribution in [-0.4, -0.2) is 58.9 Å². The van der Waals surface area contributed by atoms with E-state index in [0.29, 0.717) is 40.3 Å². The predicted molar refractivity (Wildman–Crippen MR) is 153 cm³/mol. The summed E-state index contributed by atoms with van der Waals surface area (Å²) in [6, 6.07) is 7.17. The first-order valence-corrected chi connectivity index (χ1v) is 13.7. The summed E-state index contributed by atoms with van der Waals surface area (Å²) in [4.78, 5) is 47.1. The third-order valence-corrected chi connectivity index (χ3v) is 8.26. The Bertz CT molecular complexity index is 1750. The molecule has 0 unspecified atom stereocenters. The van der Waals surface area contributed by atoms with Gasteiger partial charge in [-0.25, -0.2) is 14.2 Å². The van der Waals surface area contributed by atoms with Gasteiger partial charge in [-0.3, -0.25) is 19.1 Å². The molecule has 1 aromatic carbocycles. The van der Waals surface area contributed by atoms with E-state index in [1.807, 2.05) is 45.9 Å². The lowest BCUT2D eigenvalue weighted by atomic mass is 9.98. The summed E-state index contributed by atoms with van der Waals surface area (Å²) in [7, 11) is 3.21. The van der Waals surface area contributed by atoms with Crippen LogP contribution in [0.5, 0.6) is 0 Å². The number of fused-ring (bicyclic) bond motifs is 1. The zero-order chi connectivity index (χ0) is 29.0. The fraction of sp³-hybridized carbons (Fsp3) is 0.357. The Hall–Kier alpha value is -4.06. The van der Waals surface area contributed by atoms with Gasteiger partial charge < -0.3 is 10.2 Å². The van der Waals surface area contributed by atoms with Crippen LogP contribution in [0.15, 0.2) is 33.5 Å². The SMILES string of the molecule is CNC(=O)c1c(C)c(-n2c(-n3nc(C)cc3C)nc3c(c2=O)C[C@@H](C)N(C(=O)c2ccc(Br)c(C)c2)C3)nn1C. The molecule has 1 aliphatic rings. The van der Waals surface area contributed by atoms with Crippen molar-refractivity contribution < 1.29 is 9.59 Å². The molecular formula is C28H31BrN8O3. The number of halogens is 1. The van der Waals surface area contributed by atoms with Crippen LogP contribution in [0.25, 0.3) is 11.8 Å². The number of carbonyl (C=O) groups excluding carboxylic acids is 2. The zero-order valence-electron chi connectivity index (χ0n) is 23.5. The molecule has 0 saturated carbocycles. The van der Waals surface area contributed by atoms with Crippen LogP contribution in [0.2, 0.25) is 0 Å². The maximum atomic E-state index is 14.2. The first kappa shape index (κ1) is 27.5. The highest BCUT2D eigenvalue weighted by Crippen LogP contribution is 2.27. The molecule has 2 amide bonds. The second-order valence-electron chi connectivity index (χ2n) is 10.3. The highest BCUT2D eigenvalue weighted by atomic mass is 79.9. The Morgan fingerprint density at radius 1 is 1.10 bits per heavy atom. The molecule has 4 heterocycles. The first-order chi connectivity index (χ1) is 18.9. The minimum absolute atomic E-state index is 0.122. The van der Waals surface area contributed by atoms with Crippen molar-refractivity contribution in [2.75, 3.05) is 7.05 Å². The average molecular weight is 608 g/mol. The van der Waals surface area contributed by atoms with Crippen LogP contribution in [-0.2, 0) is 20.0 Å². The number of hydrogen-bond acceptors (Lipinski definition) is 6. The number of nitrogens with one attached hydrogen (secondary N) is 1. The number of nitrogens with zero attached hydrogens (tertiary/aromatic N) is 7. The molecule has 0 spiro atoms. The van der Waals surface area contributed by atoms with Gasteiger partial charge in [-0.15, -0.1) is 0 Å². The molecule has 1 aliphatic heterocycles. The number of hydrogen-bond donors (Lipinski definition) is 1. The monoisotopic (exact) mass is 606 g/mol. The van der Waals surface area contributed by atoms with Gasteiger partial charge in [0.25, 0.3) is 17.4 Å². The standard InChI is InChI=1S/C28H31BrN8O3/c1-14-10-19(8-9-21(14)29)26(39)35-13-22-20(12-16(35)3)27(40)36(28(31-22)37-17(4)11-15(2)32-37)24-18(5)23(25(38)30-6)34(7)33-24/h8-11,16H,12-13H2,1-7H3,(H,30,38)/t16-/m1/s1. The molecule has 5 rings (SSSR count). The molecule has 3 aromatic heterocycles. The van der Waals surface area contributed by atoms with E-state index < -0.39 is 0 Å². The Morgan fingerprint density at radius 2 is 1.82 bits per heavy atom. The van der Waals surface area contributed by atoms with Gasteiger partial charge in [0, 0.05) is 47.0 Å². The molecule has 0 aliphatic carbocycles. The second kappa shape index (κ2) is 10.2. The maximum absolute atomic E-state index is 14.2. The van der Waals surface area contributed by atoms with E-state index in [1.54, 1.807) is 36.7 Å². The van der Waals surface area contributed by atoms with Crippen molar-refractivity contribution in [3.05, 3.63) is 84.1 Å². The lowest BCUT2D eigenvalue weighted by Gasteiger charge is -2.34. The Balaban J connectivity index is 1.70. The quantitative estimate of drug-likeness (QED) is 0.381. The fourth-order valence-corrected chi connectivity index (χ4v) is 5.54. The van der Waals surface area contributed by atoms with E-state index in [1.165, 1.54) is 9.25 Å². The van der Waals surface area contributed by atoms with E-state index in [-0.39, 0.29) is 35.9 Å². The largest absolute Gasteiger partial charge is 0.354 e. The molecule has 40 heavy (non-hydrogen) atoms. The van der Waals surface area contributed by atoms with Crippen LogP contribution in [0.1, 0.15) is 61.5 Å². The third kappa shape index (κ3) is 4.45. The number of benzene rings is 1. The summed E-state index contributed by atoms with van der Waals surface area (Å²) in [5.74, 6) is 0.125. The van der Waals surface area contributed by atoms with Gasteiger partial charge in [-0.2, -0.15) is 10.2 Å². The van der Waals surface area contributed by atoms with E-state index in [2.05, 4.69) is 31.4 Å². The highest BCUT2D eigenvalue weighted by Gasteiger charge is 2.34. The summed E-state index contributed by atoms with van der Waals surface area (Å²) in [5.41, 5.74) is 4.70. The molecule has 0 radical (unpaired) electrons. The Kier molecular flexibility index (Phi) is 6.99. The number of aryl methyl sites for hydroxylation is 4. The van der Waals surface area contributed by atoms with E-state index in [9.17, 15) is 14.4 Å². The molecule has 11 nitrogen and oxygen atoms in total. The van der Waals surface area contributed by atoms with Crippen LogP contribution in [0.3, 0.4) is 0 Å². The predicted octanol–water partition coefficient (Wildman–Crippen LogP) is 3.09. The molecule has 208 valence electrons. The van der Waals surface area contributed by atoms with Crippen molar-refractivity contribution in [2.24, 2.45) is 7.05 Å². The van der Waals surface area contributed by atoms with Crippen molar-refractivity contribution in [3.63, 3.8) is 0 Å². The molecular weight excluding hydrogens is 576 g/mol. The zero-order valence-corrected chi connectivity index (χ0v) is 25.1. The summed E-state index contributed by atoms with van der Waals surface area (Å²) in [5, 5.41) is 11.8. The Morgan fingerprint density at radius 3 is 2.45 bits per heavy atom. The molecule has 1 N–H and O–H groups in total. The summed E-state index contributed by atoms with van der Waals surface area (Å²) in [6.07, 6.45) is 0.327. The van der Waals surface area contributed by atoms with Gasteiger partial charge in [-0.05, 0) is 70.9 Å². The van der Waals surface area contributed by atoms with Crippen molar-refractivity contribution >= 4 is 27.7 Å². The molecule has 0 bridgehead atoms. The third-order valence-electron chi connectivity index (χ3n) is 7.37.